The summed E-state index contributed by atoms with van der Waals surface area (Å²) in [6.45, 7) is 1.87. The monoisotopic (exact) mass is 435 g/mol. The van der Waals surface area contributed by atoms with Crippen molar-refractivity contribution in [1.29, 1.82) is 0 Å². The van der Waals surface area contributed by atoms with E-state index in [1.165, 1.54) is 0 Å². The molecule has 1 saturated heterocycles. The number of methoxy groups -OCH3 is 1. The fraction of sp³-hybridized carbons (Fsp3) is 0.429. The molecule has 1 aliphatic rings. The molecular formula is C21H29N3O3S2. The van der Waals surface area contributed by atoms with Crippen LogP contribution in [-0.2, 0) is 26.7 Å². The molecule has 1 fully saturated rings. The molecule has 0 radical (unpaired) electrons. The van der Waals surface area contributed by atoms with E-state index in [-0.39, 0.29) is 0 Å². The summed E-state index contributed by atoms with van der Waals surface area (Å²) >= 11 is 0. The third-order valence-electron chi connectivity index (χ3n) is 5.03. The molecule has 29 heavy (non-hydrogen) atoms. The number of nitrogens with one attached hydrogen (secondary N) is 1. The molecular weight excluding hydrogens is 406 g/mol. The van der Waals surface area contributed by atoms with Gasteiger partial charge in [0.05, 0.1) is 27.3 Å². The zero-order valence-corrected chi connectivity index (χ0v) is 18.8. The topological polar surface area (TPSA) is 61.9 Å². The number of hydrogen-bond donors (Lipinski definition) is 1. The van der Waals surface area contributed by atoms with Gasteiger partial charge in [0.1, 0.15) is 22.0 Å². The second-order valence-corrected chi connectivity index (χ2v) is 10.1. The molecule has 2 aromatic rings. The first-order valence-corrected chi connectivity index (χ1v) is 12.0. The van der Waals surface area contributed by atoms with Gasteiger partial charge in [-0.1, -0.05) is 12.1 Å². The number of anilines is 2. The summed E-state index contributed by atoms with van der Waals surface area (Å²) in [4.78, 5) is 3.67. The van der Waals surface area contributed by atoms with Crippen molar-refractivity contribution < 1.29 is 13.2 Å². The van der Waals surface area contributed by atoms with Crippen LogP contribution in [0.5, 0.6) is 0 Å². The van der Waals surface area contributed by atoms with Crippen molar-refractivity contribution in [3.63, 3.8) is 0 Å². The molecule has 3 atom stereocenters. The SMILES string of the molecule is COC1CCCN(c2ccccc2NS(=O)c2ccc(S(=O)N(C)C)cc2)CC1. The van der Waals surface area contributed by atoms with Gasteiger partial charge in [-0.25, -0.2) is 12.7 Å². The van der Waals surface area contributed by atoms with Gasteiger partial charge in [-0.15, -0.1) is 0 Å². The van der Waals surface area contributed by atoms with Crippen molar-refractivity contribution in [2.45, 2.75) is 35.2 Å². The molecule has 0 aliphatic carbocycles. The highest BCUT2D eigenvalue weighted by Gasteiger charge is 2.19. The Morgan fingerprint density at radius 3 is 2.38 bits per heavy atom. The molecule has 3 rings (SSSR count). The Morgan fingerprint density at radius 1 is 1.00 bits per heavy atom. The number of hydrogen-bond acceptors (Lipinski definition) is 4. The van der Waals surface area contributed by atoms with Crippen LogP contribution < -0.4 is 9.62 Å². The molecule has 1 N–H and O–H groups in total. The molecule has 1 heterocycles. The molecule has 0 spiro atoms. The minimum absolute atomic E-state index is 0.306. The molecule has 0 amide bonds. The van der Waals surface area contributed by atoms with E-state index < -0.39 is 22.0 Å². The number of para-hydroxylation sites is 2. The Morgan fingerprint density at radius 2 is 1.69 bits per heavy atom. The van der Waals surface area contributed by atoms with Gasteiger partial charge in [0.15, 0.2) is 0 Å². The van der Waals surface area contributed by atoms with Crippen LogP contribution in [0.25, 0.3) is 0 Å². The normalized spacial score (nSPS) is 19.6. The lowest BCUT2D eigenvalue weighted by atomic mass is 10.2. The highest BCUT2D eigenvalue weighted by atomic mass is 32.2. The van der Waals surface area contributed by atoms with Crippen LogP contribution in [0, 0.1) is 0 Å². The van der Waals surface area contributed by atoms with Crippen LogP contribution in [0.2, 0.25) is 0 Å². The second kappa shape index (κ2) is 10.3. The maximum atomic E-state index is 12.9. The molecule has 3 unspecified atom stereocenters. The van der Waals surface area contributed by atoms with Crippen molar-refractivity contribution in [2.75, 3.05) is 43.9 Å². The predicted octanol–water partition coefficient (Wildman–Crippen LogP) is 3.41. The van der Waals surface area contributed by atoms with Crippen molar-refractivity contribution in [1.82, 2.24) is 4.31 Å². The van der Waals surface area contributed by atoms with Crippen LogP contribution in [0.3, 0.4) is 0 Å². The van der Waals surface area contributed by atoms with E-state index in [2.05, 4.69) is 15.7 Å². The minimum atomic E-state index is -1.41. The van der Waals surface area contributed by atoms with E-state index in [1.807, 2.05) is 18.2 Å². The highest BCUT2D eigenvalue weighted by Crippen LogP contribution is 2.29. The minimum Gasteiger partial charge on any atom is -0.381 e. The summed E-state index contributed by atoms with van der Waals surface area (Å²) in [5.41, 5.74) is 1.91. The zero-order valence-electron chi connectivity index (χ0n) is 17.2. The summed E-state index contributed by atoms with van der Waals surface area (Å²) in [5.74, 6) is 0. The molecule has 0 bridgehead atoms. The first-order valence-electron chi connectivity index (χ1n) is 9.74. The Bertz CT molecular complexity index is 859. The molecule has 0 aromatic heterocycles. The summed E-state index contributed by atoms with van der Waals surface area (Å²) in [6, 6.07) is 15.0. The summed E-state index contributed by atoms with van der Waals surface area (Å²) < 4.78 is 35.4. The van der Waals surface area contributed by atoms with Crippen molar-refractivity contribution in [3.05, 3.63) is 48.5 Å². The molecule has 2 aromatic carbocycles. The van der Waals surface area contributed by atoms with E-state index in [9.17, 15) is 8.42 Å². The van der Waals surface area contributed by atoms with Gasteiger partial charge >= 0.3 is 0 Å². The number of nitrogens with zero attached hydrogens (tertiary/aromatic N) is 2. The molecule has 0 saturated carbocycles. The van der Waals surface area contributed by atoms with Crippen LogP contribution >= 0.6 is 0 Å². The first-order chi connectivity index (χ1) is 14.0. The number of ether oxygens (including phenoxy) is 1. The quantitative estimate of drug-likeness (QED) is 0.724. The van der Waals surface area contributed by atoms with Crippen LogP contribution in [-0.4, -0.2) is 53.1 Å². The number of rotatable bonds is 7. The Balaban J connectivity index is 1.73. The van der Waals surface area contributed by atoms with Crippen LogP contribution in [0.15, 0.2) is 58.3 Å². The van der Waals surface area contributed by atoms with Gasteiger partial charge in [0.2, 0.25) is 0 Å². The van der Waals surface area contributed by atoms with Crippen molar-refractivity contribution in [3.8, 4) is 0 Å². The maximum absolute atomic E-state index is 12.9. The summed E-state index contributed by atoms with van der Waals surface area (Å²) in [6.07, 6.45) is 3.43. The van der Waals surface area contributed by atoms with Gasteiger partial charge in [0, 0.05) is 20.2 Å². The number of benzene rings is 2. The average Bonchev–Trinajstić information content (AvgIpc) is 2.99. The molecule has 1 aliphatic heterocycles. The second-order valence-electron chi connectivity index (χ2n) is 7.20. The van der Waals surface area contributed by atoms with E-state index in [4.69, 9.17) is 4.74 Å². The van der Waals surface area contributed by atoms with Gasteiger partial charge in [-0.2, -0.15) is 0 Å². The van der Waals surface area contributed by atoms with Crippen molar-refractivity contribution in [2.24, 2.45) is 0 Å². The zero-order chi connectivity index (χ0) is 20.8. The molecule has 6 nitrogen and oxygen atoms in total. The van der Waals surface area contributed by atoms with Crippen LogP contribution in [0.4, 0.5) is 11.4 Å². The predicted molar refractivity (Wildman–Crippen MR) is 120 cm³/mol. The fourth-order valence-electron chi connectivity index (χ4n) is 3.43. The molecule has 158 valence electrons. The average molecular weight is 436 g/mol. The first kappa shape index (κ1) is 22.0. The van der Waals surface area contributed by atoms with Gasteiger partial charge in [-0.05, 0) is 69.8 Å². The smallest absolute Gasteiger partial charge is 0.150 e. The lowest BCUT2D eigenvalue weighted by molar-refractivity contribution is 0.0931. The molecule has 8 heteroatoms. The maximum Gasteiger partial charge on any atom is 0.150 e. The summed E-state index contributed by atoms with van der Waals surface area (Å²) in [5, 5.41) is 0. The van der Waals surface area contributed by atoms with Gasteiger partial charge in [-0.3, -0.25) is 4.72 Å². The fourth-order valence-corrected chi connectivity index (χ4v) is 5.09. The lowest BCUT2D eigenvalue weighted by Gasteiger charge is -2.25. The Kier molecular flexibility index (Phi) is 7.83. The van der Waals surface area contributed by atoms with Crippen LogP contribution in [0.1, 0.15) is 19.3 Å². The van der Waals surface area contributed by atoms with Gasteiger partial charge < -0.3 is 9.64 Å². The van der Waals surface area contributed by atoms with E-state index >= 15 is 0 Å². The third kappa shape index (κ3) is 5.66. The standard InChI is InChI=1S/C21H29N3O3S2/c1-23(2)29(26)19-12-10-18(11-13-19)28(25)22-20-8-4-5-9-21(20)24-15-6-7-17(27-3)14-16-24/h4-5,8-13,17,22H,6-7,14-16H2,1-3H3. The lowest BCUT2D eigenvalue weighted by Crippen LogP contribution is -2.26. The van der Waals surface area contributed by atoms with E-state index in [0.29, 0.717) is 15.9 Å². The van der Waals surface area contributed by atoms with Gasteiger partial charge in [0.25, 0.3) is 0 Å². The van der Waals surface area contributed by atoms with E-state index in [0.717, 1.165) is 43.7 Å². The van der Waals surface area contributed by atoms with Crippen molar-refractivity contribution >= 4 is 33.3 Å². The van der Waals surface area contributed by atoms with E-state index in [1.54, 1.807) is 49.8 Å². The Labute approximate surface area is 178 Å². The summed E-state index contributed by atoms with van der Waals surface area (Å²) in [7, 11) is 2.68. The highest BCUT2D eigenvalue weighted by molar-refractivity contribution is 7.86. The Hall–Kier alpha value is -1.74. The third-order valence-corrected chi connectivity index (χ3v) is 7.47. The largest absolute Gasteiger partial charge is 0.381 e.